The molecule has 2 aromatic carbocycles. The number of halogens is 2. The molecule has 0 spiro atoms. The highest BCUT2D eigenvalue weighted by Crippen LogP contribution is 2.32. The molecule has 31 heavy (non-hydrogen) atoms. The van der Waals surface area contributed by atoms with E-state index < -0.39 is 17.7 Å². The molecule has 2 unspecified atom stereocenters. The molecule has 1 aliphatic rings. The Bertz CT molecular complexity index is 836. The minimum absolute atomic E-state index is 0.0892. The van der Waals surface area contributed by atoms with E-state index in [2.05, 4.69) is 55.7 Å². The molecule has 1 aliphatic heterocycles. The molecule has 3 rings (SSSR count). The smallest absolute Gasteiger partial charge is 0.126 e. The predicted molar refractivity (Wildman–Crippen MR) is 122 cm³/mol. The highest BCUT2D eigenvalue weighted by molar-refractivity contribution is 5.34. The summed E-state index contributed by atoms with van der Waals surface area (Å²) in [7, 11) is 0. The lowest BCUT2D eigenvalue weighted by molar-refractivity contribution is 0.145. The Hall–Kier alpha value is -1.82. The lowest BCUT2D eigenvalue weighted by Gasteiger charge is -2.40. The fourth-order valence-electron chi connectivity index (χ4n) is 4.40. The first-order valence-electron chi connectivity index (χ1n) is 11.4. The van der Waals surface area contributed by atoms with Crippen molar-refractivity contribution in [1.29, 1.82) is 0 Å². The summed E-state index contributed by atoms with van der Waals surface area (Å²) < 4.78 is 26.7. The van der Waals surface area contributed by atoms with Crippen LogP contribution in [0.5, 0.6) is 0 Å². The summed E-state index contributed by atoms with van der Waals surface area (Å²) in [4.78, 5) is 0. The molecule has 1 fully saturated rings. The summed E-state index contributed by atoms with van der Waals surface area (Å²) in [6.45, 7) is 9.25. The van der Waals surface area contributed by atoms with Gasteiger partial charge in [0.15, 0.2) is 0 Å². The van der Waals surface area contributed by atoms with Gasteiger partial charge in [-0.15, -0.1) is 0 Å². The first-order chi connectivity index (χ1) is 14.7. The molecule has 170 valence electrons. The van der Waals surface area contributed by atoms with Gasteiger partial charge in [0.1, 0.15) is 11.6 Å². The van der Waals surface area contributed by atoms with Crippen LogP contribution >= 0.6 is 0 Å². The molecule has 2 atom stereocenters. The second-order valence-corrected chi connectivity index (χ2v) is 9.88. The van der Waals surface area contributed by atoms with E-state index in [0.717, 1.165) is 32.0 Å². The fraction of sp³-hybridized carbons (Fsp3) is 0.538. The van der Waals surface area contributed by atoms with E-state index in [1.165, 1.54) is 23.3 Å². The Morgan fingerprint density at radius 1 is 1.10 bits per heavy atom. The van der Waals surface area contributed by atoms with E-state index >= 15 is 0 Å². The molecule has 0 aromatic heterocycles. The standard InChI is InChI=1S/C26H36F2N2O/c1-25(2,3)20-6-4-7-21(16-20)26(11-5-12-29-18-26)30-13-10-24(31)9-8-19-14-22(27)17-23(28)15-19/h4,6-7,14-17,24,29-31H,5,8-13,18H2,1-3H3. The quantitative estimate of drug-likeness (QED) is 0.563. The Kier molecular flexibility index (Phi) is 7.84. The zero-order valence-electron chi connectivity index (χ0n) is 19.0. The summed E-state index contributed by atoms with van der Waals surface area (Å²) in [6, 6.07) is 12.4. The van der Waals surface area contributed by atoms with Gasteiger partial charge in [0.2, 0.25) is 0 Å². The number of benzene rings is 2. The van der Waals surface area contributed by atoms with Crippen molar-refractivity contribution in [3.8, 4) is 0 Å². The van der Waals surface area contributed by atoms with Crippen molar-refractivity contribution in [3.05, 3.63) is 70.8 Å². The van der Waals surface area contributed by atoms with Crippen LogP contribution in [0.15, 0.2) is 42.5 Å². The van der Waals surface area contributed by atoms with E-state index in [1.54, 1.807) is 0 Å². The van der Waals surface area contributed by atoms with Crippen molar-refractivity contribution in [3.63, 3.8) is 0 Å². The maximum atomic E-state index is 13.3. The maximum absolute atomic E-state index is 13.3. The van der Waals surface area contributed by atoms with Crippen molar-refractivity contribution in [1.82, 2.24) is 10.6 Å². The first kappa shape index (κ1) is 23.8. The van der Waals surface area contributed by atoms with E-state index in [4.69, 9.17) is 0 Å². The van der Waals surface area contributed by atoms with E-state index in [9.17, 15) is 13.9 Å². The third kappa shape index (κ3) is 6.58. The molecule has 2 aromatic rings. The van der Waals surface area contributed by atoms with Gasteiger partial charge in [-0.05, 0) is 79.4 Å². The number of piperidine rings is 1. The van der Waals surface area contributed by atoms with Crippen molar-refractivity contribution < 1.29 is 13.9 Å². The van der Waals surface area contributed by atoms with Gasteiger partial charge in [0.25, 0.3) is 0 Å². The van der Waals surface area contributed by atoms with Crippen LogP contribution in [0, 0.1) is 11.6 Å². The molecule has 1 heterocycles. The molecule has 3 N–H and O–H groups in total. The van der Waals surface area contributed by atoms with Gasteiger partial charge in [-0.2, -0.15) is 0 Å². The highest BCUT2D eigenvalue weighted by atomic mass is 19.1. The van der Waals surface area contributed by atoms with Gasteiger partial charge in [-0.3, -0.25) is 0 Å². The zero-order valence-corrected chi connectivity index (χ0v) is 19.0. The lowest BCUT2D eigenvalue weighted by Crippen LogP contribution is -2.53. The average Bonchev–Trinajstić information content (AvgIpc) is 2.72. The summed E-state index contributed by atoms with van der Waals surface area (Å²) in [5.41, 5.74) is 3.13. The van der Waals surface area contributed by atoms with Crippen LogP contribution in [0.4, 0.5) is 8.78 Å². The monoisotopic (exact) mass is 430 g/mol. The fourth-order valence-corrected chi connectivity index (χ4v) is 4.40. The van der Waals surface area contributed by atoms with Crippen LogP contribution in [0.25, 0.3) is 0 Å². The van der Waals surface area contributed by atoms with E-state index in [1.807, 2.05) is 0 Å². The minimum Gasteiger partial charge on any atom is -0.393 e. The van der Waals surface area contributed by atoms with Gasteiger partial charge in [0.05, 0.1) is 11.6 Å². The van der Waals surface area contributed by atoms with Crippen LogP contribution < -0.4 is 10.6 Å². The van der Waals surface area contributed by atoms with Crippen LogP contribution in [0.3, 0.4) is 0 Å². The lowest BCUT2D eigenvalue weighted by atomic mass is 9.79. The summed E-state index contributed by atoms with van der Waals surface area (Å²) >= 11 is 0. The molecule has 0 radical (unpaired) electrons. The number of aliphatic hydroxyl groups excluding tert-OH is 1. The van der Waals surface area contributed by atoms with Crippen LogP contribution in [-0.2, 0) is 17.4 Å². The van der Waals surface area contributed by atoms with Crippen LogP contribution in [0.1, 0.15) is 63.1 Å². The molecule has 0 amide bonds. The summed E-state index contributed by atoms with van der Waals surface area (Å²) in [5, 5.41) is 17.7. The number of rotatable bonds is 8. The Labute approximate surface area is 185 Å². The van der Waals surface area contributed by atoms with Crippen molar-refractivity contribution in [2.75, 3.05) is 19.6 Å². The maximum Gasteiger partial charge on any atom is 0.126 e. The molecule has 0 bridgehead atoms. The van der Waals surface area contributed by atoms with Crippen LogP contribution in [-0.4, -0.2) is 30.8 Å². The van der Waals surface area contributed by atoms with Gasteiger partial charge < -0.3 is 15.7 Å². The Balaban J connectivity index is 1.60. The van der Waals surface area contributed by atoms with Crippen molar-refractivity contribution in [2.45, 2.75) is 69.9 Å². The topological polar surface area (TPSA) is 44.3 Å². The first-order valence-corrected chi connectivity index (χ1v) is 11.4. The molecule has 0 saturated carbocycles. The molecule has 1 saturated heterocycles. The van der Waals surface area contributed by atoms with Gasteiger partial charge in [-0.25, -0.2) is 8.78 Å². The third-order valence-electron chi connectivity index (χ3n) is 6.29. The Morgan fingerprint density at radius 2 is 1.84 bits per heavy atom. The SMILES string of the molecule is CC(C)(C)c1cccc(C2(NCCC(O)CCc3cc(F)cc(F)c3)CCCNC2)c1. The second-order valence-electron chi connectivity index (χ2n) is 9.88. The van der Waals surface area contributed by atoms with Gasteiger partial charge in [-0.1, -0.05) is 45.0 Å². The molecular formula is C26H36F2N2O. The van der Waals surface area contributed by atoms with Crippen LogP contribution in [0.2, 0.25) is 0 Å². The number of hydrogen-bond acceptors (Lipinski definition) is 3. The minimum atomic E-state index is -0.574. The largest absolute Gasteiger partial charge is 0.393 e. The van der Waals surface area contributed by atoms with Crippen molar-refractivity contribution >= 4 is 0 Å². The number of nitrogens with one attached hydrogen (secondary N) is 2. The predicted octanol–water partition coefficient (Wildman–Crippen LogP) is 4.81. The zero-order chi connectivity index (χ0) is 22.5. The summed E-state index contributed by atoms with van der Waals surface area (Å²) in [6.07, 6.45) is 3.16. The highest BCUT2D eigenvalue weighted by Gasteiger charge is 2.34. The van der Waals surface area contributed by atoms with Gasteiger partial charge >= 0.3 is 0 Å². The number of aliphatic hydroxyl groups is 1. The average molecular weight is 431 g/mol. The van der Waals surface area contributed by atoms with E-state index in [-0.39, 0.29) is 11.0 Å². The van der Waals surface area contributed by atoms with Gasteiger partial charge in [0, 0.05) is 12.6 Å². The summed E-state index contributed by atoms with van der Waals surface area (Å²) in [5.74, 6) is -1.15. The molecular weight excluding hydrogens is 394 g/mol. The molecule has 0 aliphatic carbocycles. The molecule has 3 nitrogen and oxygen atoms in total. The Morgan fingerprint density at radius 3 is 2.48 bits per heavy atom. The second kappa shape index (κ2) is 10.2. The van der Waals surface area contributed by atoms with Crippen molar-refractivity contribution in [2.24, 2.45) is 0 Å². The normalized spacial score (nSPS) is 20.6. The van der Waals surface area contributed by atoms with E-state index in [0.29, 0.717) is 31.4 Å². The molecule has 5 heteroatoms. The number of hydrogen-bond donors (Lipinski definition) is 3. The third-order valence-corrected chi connectivity index (χ3v) is 6.29. The number of aryl methyl sites for hydroxylation is 1.